The first-order valence-electron chi connectivity index (χ1n) is 5.04. The predicted octanol–water partition coefficient (Wildman–Crippen LogP) is 3.02. The average Bonchev–Trinajstić information content (AvgIpc) is 2.45. The van der Waals surface area contributed by atoms with E-state index in [1.165, 1.54) is 18.1 Å². The van der Waals surface area contributed by atoms with Gasteiger partial charge < -0.3 is 4.74 Å². The molecule has 1 aromatic carbocycles. The smallest absolute Gasteiger partial charge is 0.303 e. The Kier molecular flexibility index (Phi) is 2.35. The van der Waals surface area contributed by atoms with Crippen LogP contribution in [0.1, 0.15) is 36.6 Å². The lowest BCUT2D eigenvalue weighted by atomic mass is 10.0. The monoisotopic (exact) mass is 202 g/mol. The van der Waals surface area contributed by atoms with Gasteiger partial charge in [-0.2, -0.15) is 0 Å². The number of benzene rings is 1. The van der Waals surface area contributed by atoms with E-state index in [0.717, 1.165) is 11.1 Å². The van der Waals surface area contributed by atoms with Gasteiger partial charge in [-0.3, -0.25) is 4.79 Å². The van der Waals surface area contributed by atoms with Crippen LogP contribution >= 0.6 is 0 Å². The quantitative estimate of drug-likeness (QED) is 0.654. The second-order valence-corrected chi connectivity index (χ2v) is 3.96. The second kappa shape index (κ2) is 3.54. The van der Waals surface area contributed by atoms with Gasteiger partial charge in [0.2, 0.25) is 0 Å². The van der Waals surface area contributed by atoms with E-state index < -0.39 is 0 Å². The maximum atomic E-state index is 11.0. The highest BCUT2D eigenvalue weighted by Gasteiger charge is 2.25. The fraction of sp³-hybridized carbons (Fsp3) is 0.308. The van der Waals surface area contributed by atoms with Gasteiger partial charge in [-0.25, -0.2) is 0 Å². The van der Waals surface area contributed by atoms with Crippen LogP contribution in [0.3, 0.4) is 0 Å². The lowest BCUT2D eigenvalue weighted by Crippen LogP contribution is -2.07. The molecule has 2 rings (SSSR count). The summed E-state index contributed by atoms with van der Waals surface area (Å²) in [5, 5.41) is 0. The van der Waals surface area contributed by atoms with Gasteiger partial charge in [0.1, 0.15) is 6.10 Å². The molecule has 0 spiro atoms. The van der Waals surface area contributed by atoms with Crippen LogP contribution in [-0.4, -0.2) is 5.97 Å². The van der Waals surface area contributed by atoms with E-state index >= 15 is 0 Å². The predicted molar refractivity (Wildman–Crippen MR) is 59.3 cm³/mol. The van der Waals surface area contributed by atoms with E-state index in [1.54, 1.807) is 0 Å². The molecule has 15 heavy (non-hydrogen) atoms. The van der Waals surface area contributed by atoms with E-state index in [2.05, 4.69) is 19.1 Å². The topological polar surface area (TPSA) is 26.3 Å². The first kappa shape index (κ1) is 9.97. The molecule has 1 aliphatic rings. The Morgan fingerprint density at radius 2 is 2.07 bits per heavy atom. The summed E-state index contributed by atoms with van der Waals surface area (Å²) < 4.78 is 5.30. The highest BCUT2D eigenvalue weighted by molar-refractivity contribution is 5.72. The summed E-state index contributed by atoms with van der Waals surface area (Å²) in [6, 6.07) is 6.08. The summed E-state index contributed by atoms with van der Waals surface area (Å²) in [5.41, 5.74) is 4.61. The van der Waals surface area contributed by atoms with E-state index in [4.69, 9.17) is 4.74 Å². The van der Waals surface area contributed by atoms with E-state index in [1.807, 2.05) is 19.1 Å². The number of carbonyl (C=O) groups excluding carboxylic acids is 1. The Morgan fingerprint density at radius 1 is 1.33 bits per heavy atom. The van der Waals surface area contributed by atoms with Crippen LogP contribution in [0.4, 0.5) is 0 Å². The molecule has 0 radical (unpaired) electrons. The number of hydrogen-bond acceptors (Lipinski definition) is 2. The molecule has 1 aromatic rings. The molecule has 0 aromatic heterocycles. The number of aryl methyl sites for hydroxylation is 1. The van der Waals surface area contributed by atoms with Crippen molar-refractivity contribution in [3.05, 3.63) is 40.5 Å². The van der Waals surface area contributed by atoms with E-state index in [-0.39, 0.29) is 12.1 Å². The van der Waals surface area contributed by atoms with Crippen molar-refractivity contribution < 1.29 is 9.53 Å². The Bertz CT molecular complexity index is 444. The molecule has 0 saturated heterocycles. The van der Waals surface area contributed by atoms with Crippen molar-refractivity contribution in [1.29, 1.82) is 0 Å². The van der Waals surface area contributed by atoms with Crippen molar-refractivity contribution in [3.63, 3.8) is 0 Å². The molecule has 2 heteroatoms. The van der Waals surface area contributed by atoms with Gasteiger partial charge in [-0.1, -0.05) is 24.3 Å². The standard InChI is InChI=1S/C13H14O2/c1-8-5-4-6-11-12(8)7-9(2)13(11)15-10(3)14/h4-7,13H,1-3H3. The largest absolute Gasteiger partial charge is 0.453 e. The molecule has 78 valence electrons. The van der Waals surface area contributed by atoms with Crippen molar-refractivity contribution in [3.8, 4) is 0 Å². The van der Waals surface area contributed by atoms with E-state index in [9.17, 15) is 4.79 Å². The van der Waals surface area contributed by atoms with Gasteiger partial charge in [-0.05, 0) is 30.5 Å². The number of carbonyl (C=O) groups is 1. The Hall–Kier alpha value is -1.57. The van der Waals surface area contributed by atoms with Gasteiger partial charge in [0.15, 0.2) is 0 Å². The highest BCUT2D eigenvalue weighted by atomic mass is 16.5. The van der Waals surface area contributed by atoms with Crippen molar-refractivity contribution in [1.82, 2.24) is 0 Å². The van der Waals surface area contributed by atoms with Crippen LogP contribution in [0, 0.1) is 6.92 Å². The molecule has 0 fully saturated rings. The number of ether oxygens (including phenoxy) is 1. The lowest BCUT2D eigenvalue weighted by molar-refractivity contribution is -0.144. The zero-order chi connectivity index (χ0) is 11.0. The first-order chi connectivity index (χ1) is 7.09. The molecule has 1 atom stereocenters. The van der Waals surface area contributed by atoms with Crippen LogP contribution in [0.15, 0.2) is 23.8 Å². The van der Waals surface area contributed by atoms with E-state index in [0.29, 0.717) is 0 Å². The fourth-order valence-corrected chi connectivity index (χ4v) is 2.00. The minimum atomic E-state index is -0.234. The Morgan fingerprint density at radius 3 is 2.73 bits per heavy atom. The molecule has 0 N–H and O–H groups in total. The Labute approximate surface area is 89.6 Å². The molecular formula is C13H14O2. The van der Waals surface area contributed by atoms with Gasteiger partial charge >= 0.3 is 5.97 Å². The number of rotatable bonds is 1. The SMILES string of the molecule is CC(=O)OC1C(C)=Cc2c(C)cccc21. The minimum Gasteiger partial charge on any atom is -0.453 e. The van der Waals surface area contributed by atoms with Crippen molar-refractivity contribution in [2.24, 2.45) is 0 Å². The summed E-state index contributed by atoms with van der Waals surface area (Å²) in [6.07, 6.45) is 1.91. The third-order valence-corrected chi connectivity index (χ3v) is 2.71. The summed E-state index contributed by atoms with van der Waals surface area (Å²) in [6.45, 7) is 5.51. The van der Waals surface area contributed by atoms with Crippen LogP contribution in [0.25, 0.3) is 6.08 Å². The van der Waals surface area contributed by atoms with Gasteiger partial charge in [0.25, 0.3) is 0 Å². The zero-order valence-electron chi connectivity index (χ0n) is 9.20. The highest BCUT2D eigenvalue weighted by Crippen LogP contribution is 2.38. The normalized spacial score (nSPS) is 18.3. The average molecular weight is 202 g/mol. The second-order valence-electron chi connectivity index (χ2n) is 3.96. The molecule has 0 amide bonds. The summed E-state index contributed by atoms with van der Waals surface area (Å²) >= 11 is 0. The third-order valence-electron chi connectivity index (χ3n) is 2.71. The first-order valence-corrected chi connectivity index (χ1v) is 5.04. The molecular weight excluding hydrogens is 188 g/mol. The zero-order valence-corrected chi connectivity index (χ0v) is 9.20. The molecule has 0 aliphatic heterocycles. The molecule has 0 saturated carbocycles. The molecule has 0 bridgehead atoms. The van der Waals surface area contributed by atoms with Crippen LogP contribution in [0.5, 0.6) is 0 Å². The maximum absolute atomic E-state index is 11.0. The number of fused-ring (bicyclic) bond motifs is 1. The summed E-state index contributed by atoms with van der Waals surface area (Å²) in [7, 11) is 0. The number of esters is 1. The molecule has 0 heterocycles. The fourth-order valence-electron chi connectivity index (χ4n) is 2.00. The number of hydrogen-bond donors (Lipinski definition) is 0. The van der Waals surface area contributed by atoms with Gasteiger partial charge in [0.05, 0.1) is 0 Å². The van der Waals surface area contributed by atoms with Crippen molar-refractivity contribution in [2.75, 3.05) is 0 Å². The molecule has 1 unspecified atom stereocenters. The Balaban J connectivity index is 2.44. The minimum absolute atomic E-state index is 0.183. The summed E-state index contributed by atoms with van der Waals surface area (Å²) in [4.78, 5) is 11.0. The summed E-state index contributed by atoms with van der Waals surface area (Å²) in [5.74, 6) is -0.234. The molecule has 2 nitrogen and oxygen atoms in total. The van der Waals surface area contributed by atoms with Gasteiger partial charge in [0, 0.05) is 12.5 Å². The molecule has 1 aliphatic carbocycles. The maximum Gasteiger partial charge on any atom is 0.303 e. The van der Waals surface area contributed by atoms with Crippen LogP contribution in [0.2, 0.25) is 0 Å². The van der Waals surface area contributed by atoms with Gasteiger partial charge in [-0.15, -0.1) is 0 Å². The lowest BCUT2D eigenvalue weighted by Gasteiger charge is -2.14. The third kappa shape index (κ3) is 1.67. The van der Waals surface area contributed by atoms with Crippen molar-refractivity contribution in [2.45, 2.75) is 26.9 Å². The van der Waals surface area contributed by atoms with Crippen LogP contribution < -0.4 is 0 Å². The van der Waals surface area contributed by atoms with Crippen LogP contribution in [-0.2, 0) is 9.53 Å². The van der Waals surface area contributed by atoms with Crippen molar-refractivity contribution >= 4 is 12.0 Å².